The standard InChI is InChI=1S/C15H16O2Si/c1-2-10-18-17-15(16)11-13-8-5-7-12-6-3-4-9-14(12)13/h2-9H,1,10-11,18H2. The highest BCUT2D eigenvalue weighted by Crippen LogP contribution is 2.19. The molecular weight excluding hydrogens is 240 g/mol. The summed E-state index contributed by atoms with van der Waals surface area (Å²) in [6, 6.07) is 14.9. The summed E-state index contributed by atoms with van der Waals surface area (Å²) < 4.78 is 5.26. The van der Waals surface area contributed by atoms with Gasteiger partial charge < -0.3 is 4.43 Å². The number of fused-ring (bicyclic) bond motifs is 1. The second kappa shape index (κ2) is 6.17. The monoisotopic (exact) mass is 256 g/mol. The molecule has 0 spiro atoms. The Morgan fingerprint density at radius 2 is 2.00 bits per heavy atom. The normalized spacial score (nSPS) is 10.9. The molecule has 2 rings (SSSR count). The Labute approximate surface area is 109 Å². The summed E-state index contributed by atoms with van der Waals surface area (Å²) in [5.74, 6) is -0.125. The third-order valence-electron chi connectivity index (χ3n) is 2.80. The first-order valence-corrected chi connectivity index (χ1v) is 7.62. The zero-order chi connectivity index (χ0) is 12.8. The van der Waals surface area contributed by atoms with Gasteiger partial charge in [-0.3, -0.25) is 4.79 Å². The lowest BCUT2D eigenvalue weighted by atomic mass is 10.0. The lowest BCUT2D eigenvalue weighted by Crippen LogP contribution is -2.10. The first kappa shape index (κ1) is 12.6. The zero-order valence-electron chi connectivity index (χ0n) is 10.3. The summed E-state index contributed by atoms with van der Waals surface area (Å²) in [4.78, 5) is 11.7. The van der Waals surface area contributed by atoms with Crippen LogP contribution < -0.4 is 0 Å². The van der Waals surface area contributed by atoms with Crippen molar-refractivity contribution in [3.05, 3.63) is 60.7 Å². The summed E-state index contributed by atoms with van der Waals surface area (Å²) >= 11 is 0. The fraction of sp³-hybridized carbons (Fsp3) is 0.133. The van der Waals surface area contributed by atoms with Gasteiger partial charge in [-0.25, -0.2) is 0 Å². The van der Waals surface area contributed by atoms with Crippen molar-refractivity contribution in [2.24, 2.45) is 0 Å². The zero-order valence-corrected chi connectivity index (χ0v) is 11.7. The van der Waals surface area contributed by atoms with Crippen LogP contribution in [-0.2, 0) is 15.6 Å². The first-order chi connectivity index (χ1) is 8.81. The van der Waals surface area contributed by atoms with Gasteiger partial charge in [0, 0.05) is 0 Å². The van der Waals surface area contributed by atoms with E-state index < -0.39 is 9.76 Å². The largest absolute Gasteiger partial charge is 0.524 e. The van der Waals surface area contributed by atoms with E-state index in [4.69, 9.17) is 4.43 Å². The van der Waals surface area contributed by atoms with Crippen LogP contribution in [0.15, 0.2) is 55.1 Å². The van der Waals surface area contributed by atoms with E-state index in [-0.39, 0.29) is 5.97 Å². The number of hydrogen-bond acceptors (Lipinski definition) is 2. The van der Waals surface area contributed by atoms with Gasteiger partial charge in [0.2, 0.25) is 9.76 Å². The minimum Gasteiger partial charge on any atom is -0.524 e. The van der Waals surface area contributed by atoms with E-state index in [0.29, 0.717) is 6.42 Å². The van der Waals surface area contributed by atoms with Crippen LogP contribution in [0.3, 0.4) is 0 Å². The molecule has 2 aromatic rings. The van der Waals surface area contributed by atoms with E-state index in [1.165, 1.54) is 0 Å². The van der Waals surface area contributed by atoms with Crippen LogP contribution in [0.25, 0.3) is 10.8 Å². The van der Waals surface area contributed by atoms with E-state index >= 15 is 0 Å². The molecular formula is C15H16O2Si. The maximum Gasteiger partial charge on any atom is 0.296 e. The molecule has 0 unspecified atom stereocenters. The van der Waals surface area contributed by atoms with Gasteiger partial charge >= 0.3 is 0 Å². The topological polar surface area (TPSA) is 26.3 Å². The van der Waals surface area contributed by atoms with Crippen molar-refractivity contribution in [3.63, 3.8) is 0 Å². The Bertz CT molecular complexity index is 558. The molecule has 0 amide bonds. The van der Waals surface area contributed by atoms with Crippen LogP contribution in [-0.4, -0.2) is 15.7 Å². The van der Waals surface area contributed by atoms with Crippen molar-refractivity contribution >= 4 is 26.5 Å². The fourth-order valence-electron chi connectivity index (χ4n) is 1.91. The molecule has 0 N–H and O–H groups in total. The van der Waals surface area contributed by atoms with Gasteiger partial charge in [-0.15, -0.1) is 6.58 Å². The van der Waals surface area contributed by atoms with Crippen LogP contribution in [0.2, 0.25) is 6.04 Å². The van der Waals surface area contributed by atoms with Crippen molar-refractivity contribution < 1.29 is 9.22 Å². The van der Waals surface area contributed by atoms with Crippen LogP contribution in [0.1, 0.15) is 5.56 Å². The number of hydrogen-bond donors (Lipinski definition) is 0. The molecule has 0 fully saturated rings. The predicted molar refractivity (Wildman–Crippen MR) is 77.3 cm³/mol. The highest BCUT2D eigenvalue weighted by atomic mass is 28.2. The Morgan fingerprint density at radius 3 is 2.83 bits per heavy atom. The Kier molecular flexibility index (Phi) is 4.31. The van der Waals surface area contributed by atoms with E-state index in [0.717, 1.165) is 22.4 Å². The van der Waals surface area contributed by atoms with Gasteiger partial charge in [0.05, 0.1) is 6.42 Å². The number of carbonyl (C=O) groups excluding carboxylic acids is 1. The van der Waals surface area contributed by atoms with E-state index in [9.17, 15) is 4.79 Å². The Balaban J connectivity index is 2.11. The molecule has 0 saturated carbocycles. The molecule has 3 heteroatoms. The molecule has 0 aromatic heterocycles. The molecule has 0 bridgehead atoms. The molecule has 2 aromatic carbocycles. The van der Waals surface area contributed by atoms with Crippen molar-refractivity contribution in [1.82, 2.24) is 0 Å². The summed E-state index contributed by atoms with van der Waals surface area (Å²) in [7, 11) is -0.771. The van der Waals surface area contributed by atoms with Crippen molar-refractivity contribution in [1.29, 1.82) is 0 Å². The summed E-state index contributed by atoms with van der Waals surface area (Å²) in [5, 5.41) is 2.29. The summed E-state index contributed by atoms with van der Waals surface area (Å²) in [6.45, 7) is 3.63. The van der Waals surface area contributed by atoms with E-state index in [1.54, 1.807) is 6.08 Å². The quantitative estimate of drug-likeness (QED) is 0.467. The molecule has 0 saturated heterocycles. The Hall–Kier alpha value is -1.87. The maximum absolute atomic E-state index is 11.7. The van der Waals surface area contributed by atoms with Crippen LogP contribution in [0, 0.1) is 0 Å². The highest BCUT2D eigenvalue weighted by molar-refractivity contribution is 6.31. The predicted octanol–water partition coefficient (Wildman–Crippen LogP) is 2.61. The molecule has 2 nitrogen and oxygen atoms in total. The highest BCUT2D eigenvalue weighted by Gasteiger charge is 2.07. The third kappa shape index (κ3) is 3.08. The molecule has 18 heavy (non-hydrogen) atoms. The van der Waals surface area contributed by atoms with Crippen LogP contribution >= 0.6 is 0 Å². The fourth-order valence-corrected chi connectivity index (χ4v) is 2.52. The van der Waals surface area contributed by atoms with Gasteiger partial charge in [0.1, 0.15) is 0 Å². The SMILES string of the molecule is C=CC[SiH2]OC(=O)Cc1cccc2ccccc12. The molecule has 0 heterocycles. The van der Waals surface area contributed by atoms with Gasteiger partial charge in [-0.1, -0.05) is 48.5 Å². The van der Waals surface area contributed by atoms with Crippen molar-refractivity contribution in [2.75, 3.05) is 0 Å². The average molecular weight is 256 g/mol. The van der Waals surface area contributed by atoms with E-state index in [1.807, 2.05) is 30.3 Å². The minimum atomic E-state index is -0.771. The molecule has 0 aliphatic carbocycles. The first-order valence-electron chi connectivity index (χ1n) is 6.04. The van der Waals surface area contributed by atoms with Gasteiger partial charge in [-0.05, 0) is 22.4 Å². The van der Waals surface area contributed by atoms with Crippen LogP contribution in [0.5, 0.6) is 0 Å². The average Bonchev–Trinajstić information content (AvgIpc) is 2.39. The van der Waals surface area contributed by atoms with Gasteiger partial charge in [-0.2, -0.15) is 0 Å². The number of carbonyl (C=O) groups is 1. The second-order valence-corrected chi connectivity index (χ2v) is 5.39. The number of rotatable bonds is 5. The molecule has 92 valence electrons. The third-order valence-corrected chi connectivity index (χ3v) is 3.97. The summed E-state index contributed by atoms with van der Waals surface area (Å²) in [6.07, 6.45) is 2.16. The minimum absolute atomic E-state index is 0.125. The van der Waals surface area contributed by atoms with Gasteiger partial charge in [0.25, 0.3) is 5.97 Å². The lowest BCUT2D eigenvalue weighted by molar-refractivity contribution is -0.133. The second-order valence-electron chi connectivity index (χ2n) is 4.11. The van der Waals surface area contributed by atoms with Crippen molar-refractivity contribution in [2.45, 2.75) is 12.5 Å². The summed E-state index contributed by atoms with van der Waals surface area (Å²) in [5.41, 5.74) is 1.03. The van der Waals surface area contributed by atoms with Gasteiger partial charge in [0.15, 0.2) is 0 Å². The molecule has 0 aliphatic heterocycles. The maximum atomic E-state index is 11.7. The number of allylic oxidation sites excluding steroid dienone is 1. The smallest absolute Gasteiger partial charge is 0.296 e. The van der Waals surface area contributed by atoms with E-state index in [2.05, 4.69) is 18.7 Å². The molecule has 0 radical (unpaired) electrons. The molecule has 0 atom stereocenters. The molecule has 0 aliphatic rings. The van der Waals surface area contributed by atoms with Crippen LogP contribution in [0.4, 0.5) is 0 Å². The Morgan fingerprint density at radius 1 is 1.22 bits per heavy atom. The lowest BCUT2D eigenvalue weighted by Gasteiger charge is -2.07. The number of benzene rings is 2. The van der Waals surface area contributed by atoms with Crippen molar-refractivity contribution in [3.8, 4) is 0 Å².